The van der Waals surface area contributed by atoms with E-state index in [4.69, 9.17) is 14.0 Å². The van der Waals surface area contributed by atoms with E-state index < -0.39 is 18.0 Å². The van der Waals surface area contributed by atoms with Crippen LogP contribution >= 0.6 is 0 Å². The molecule has 4 rings (SSSR count). The highest BCUT2D eigenvalue weighted by Crippen LogP contribution is 2.31. The summed E-state index contributed by atoms with van der Waals surface area (Å²) in [6.45, 7) is 4.64. The summed E-state index contributed by atoms with van der Waals surface area (Å²) in [4.78, 5) is 23.7. The number of nitrogens with zero attached hydrogens (tertiary/aromatic N) is 1. The Morgan fingerprint density at radius 2 is 1.78 bits per heavy atom. The Labute approximate surface area is 207 Å². The molecule has 7 nitrogen and oxygen atoms in total. The Morgan fingerprint density at radius 3 is 2.50 bits per heavy atom. The van der Waals surface area contributed by atoms with E-state index in [1.807, 2.05) is 42.5 Å². The molecule has 1 aromatic heterocycles. The maximum atomic E-state index is 14.0. The molecule has 184 valence electrons. The highest BCUT2D eigenvalue weighted by atomic mass is 19.1. The van der Waals surface area contributed by atoms with Gasteiger partial charge in [-0.25, -0.2) is 9.18 Å². The first-order valence-electron chi connectivity index (χ1n) is 11.3. The van der Waals surface area contributed by atoms with Crippen LogP contribution in [0.1, 0.15) is 42.4 Å². The summed E-state index contributed by atoms with van der Waals surface area (Å²) in [6, 6.07) is 21.1. The third kappa shape index (κ3) is 5.96. The summed E-state index contributed by atoms with van der Waals surface area (Å²) >= 11 is 0. The number of esters is 1. The highest BCUT2D eigenvalue weighted by molar-refractivity contribution is 5.91. The standard InChI is InChI=1S/C28H25FN2O5/c1-17(24-9-4-5-10-25(24)29)34-28(33)30-26-18(2)36-31-27(26)22-13-11-20(12-14-22)15-21-7-6-8-23(16-21)35-19(3)32/h4-14,16-17H,15H2,1-3H3,(H,30,33)/t17-/m1/s1. The molecule has 1 atom stereocenters. The van der Waals surface area contributed by atoms with Crippen LogP contribution in [0.5, 0.6) is 5.75 Å². The van der Waals surface area contributed by atoms with Crippen molar-refractivity contribution in [1.29, 1.82) is 0 Å². The van der Waals surface area contributed by atoms with Crippen LogP contribution in [0, 0.1) is 12.7 Å². The second-order valence-corrected chi connectivity index (χ2v) is 8.27. The first kappa shape index (κ1) is 24.7. The average Bonchev–Trinajstić information content (AvgIpc) is 3.19. The predicted octanol–water partition coefficient (Wildman–Crippen LogP) is 6.61. The van der Waals surface area contributed by atoms with Gasteiger partial charge in [-0.3, -0.25) is 10.1 Å². The summed E-state index contributed by atoms with van der Waals surface area (Å²) in [7, 11) is 0. The number of aryl methyl sites for hydroxylation is 1. The van der Waals surface area contributed by atoms with Gasteiger partial charge in [0.2, 0.25) is 0 Å². The Morgan fingerprint density at radius 1 is 1.03 bits per heavy atom. The van der Waals surface area contributed by atoms with E-state index in [-0.39, 0.29) is 11.5 Å². The molecule has 0 radical (unpaired) electrons. The zero-order valence-electron chi connectivity index (χ0n) is 20.1. The zero-order valence-corrected chi connectivity index (χ0v) is 20.1. The molecule has 0 aliphatic rings. The van der Waals surface area contributed by atoms with Crippen LogP contribution in [-0.2, 0) is 16.0 Å². The van der Waals surface area contributed by atoms with Crippen LogP contribution in [0.15, 0.2) is 77.3 Å². The van der Waals surface area contributed by atoms with Crippen molar-refractivity contribution in [3.05, 3.63) is 101 Å². The number of aromatic nitrogens is 1. The Kier molecular flexibility index (Phi) is 7.44. The Balaban J connectivity index is 1.45. The molecule has 0 fully saturated rings. The smallest absolute Gasteiger partial charge is 0.412 e. The van der Waals surface area contributed by atoms with Gasteiger partial charge in [-0.2, -0.15) is 0 Å². The van der Waals surface area contributed by atoms with Gasteiger partial charge in [-0.15, -0.1) is 0 Å². The van der Waals surface area contributed by atoms with Gasteiger partial charge in [0.15, 0.2) is 5.76 Å². The maximum absolute atomic E-state index is 14.0. The second kappa shape index (κ2) is 10.9. The van der Waals surface area contributed by atoms with Gasteiger partial charge in [0.25, 0.3) is 0 Å². The second-order valence-electron chi connectivity index (χ2n) is 8.27. The lowest BCUT2D eigenvalue weighted by Gasteiger charge is -2.15. The van der Waals surface area contributed by atoms with Gasteiger partial charge >= 0.3 is 12.1 Å². The minimum atomic E-state index is -0.784. The van der Waals surface area contributed by atoms with Crippen LogP contribution in [0.25, 0.3) is 11.3 Å². The minimum absolute atomic E-state index is 0.281. The molecule has 4 aromatic rings. The van der Waals surface area contributed by atoms with Crippen molar-refractivity contribution in [1.82, 2.24) is 5.16 Å². The minimum Gasteiger partial charge on any atom is -0.441 e. The molecular weight excluding hydrogens is 463 g/mol. The van der Waals surface area contributed by atoms with E-state index in [0.717, 1.165) is 16.7 Å². The molecule has 0 unspecified atom stereocenters. The van der Waals surface area contributed by atoms with Gasteiger partial charge in [0.1, 0.15) is 29.1 Å². The van der Waals surface area contributed by atoms with E-state index >= 15 is 0 Å². The lowest BCUT2D eigenvalue weighted by atomic mass is 10.0. The number of ether oxygens (including phenoxy) is 2. The van der Waals surface area contributed by atoms with E-state index in [1.54, 1.807) is 38.1 Å². The van der Waals surface area contributed by atoms with Crippen molar-refractivity contribution in [2.45, 2.75) is 33.3 Å². The molecule has 0 spiro atoms. The van der Waals surface area contributed by atoms with Crippen LogP contribution in [0.3, 0.4) is 0 Å². The SMILES string of the molecule is CC(=O)Oc1cccc(Cc2ccc(-c3noc(C)c3NC(=O)O[C@H](C)c3ccccc3F)cc2)c1. The Bertz CT molecular complexity index is 1380. The lowest BCUT2D eigenvalue weighted by molar-refractivity contribution is -0.131. The van der Waals surface area contributed by atoms with Crippen LogP contribution < -0.4 is 10.1 Å². The van der Waals surface area contributed by atoms with E-state index in [9.17, 15) is 14.0 Å². The fraction of sp³-hybridized carbons (Fsp3) is 0.179. The first-order valence-corrected chi connectivity index (χ1v) is 11.3. The number of carbonyl (C=O) groups excluding carboxylic acids is 2. The molecule has 36 heavy (non-hydrogen) atoms. The maximum Gasteiger partial charge on any atom is 0.412 e. The quantitative estimate of drug-likeness (QED) is 0.232. The molecule has 8 heteroatoms. The van der Waals surface area contributed by atoms with Crippen molar-refractivity contribution in [3.63, 3.8) is 0 Å². The molecule has 1 heterocycles. The monoisotopic (exact) mass is 488 g/mol. The van der Waals surface area contributed by atoms with E-state index in [0.29, 0.717) is 29.3 Å². The predicted molar refractivity (Wildman–Crippen MR) is 132 cm³/mol. The molecule has 0 saturated heterocycles. The van der Waals surface area contributed by atoms with Crippen LogP contribution in [-0.4, -0.2) is 17.2 Å². The summed E-state index contributed by atoms with van der Waals surface area (Å²) in [6.07, 6.45) is -0.894. The van der Waals surface area contributed by atoms with Crippen LogP contribution in [0.2, 0.25) is 0 Å². The van der Waals surface area contributed by atoms with Gasteiger partial charge in [-0.1, -0.05) is 59.8 Å². The number of rotatable bonds is 7. The normalized spacial score (nSPS) is 11.6. The largest absolute Gasteiger partial charge is 0.441 e. The zero-order chi connectivity index (χ0) is 25.7. The van der Waals surface area contributed by atoms with Gasteiger partial charge in [-0.05, 0) is 49.6 Å². The van der Waals surface area contributed by atoms with Crippen molar-refractivity contribution in [2.24, 2.45) is 0 Å². The molecule has 0 aliphatic carbocycles. The molecular formula is C28H25FN2O5. The molecule has 0 bridgehead atoms. The van der Waals surface area contributed by atoms with Crippen molar-refractivity contribution >= 4 is 17.7 Å². The lowest BCUT2D eigenvalue weighted by Crippen LogP contribution is -2.17. The summed E-state index contributed by atoms with van der Waals surface area (Å²) < 4.78 is 29.8. The third-order valence-electron chi connectivity index (χ3n) is 5.51. The number of halogens is 1. The molecule has 1 amide bonds. The topological polar surface area (TPSA) is 90.7 Å². The number of anilines is 1. The number of hydrogen-bond donors (Lipinski definition) is 1. The van der Waals surface area contributed by atoms with Crippen LogP contribution in [0.4, 0.5) is 14.9 Å². The molecule has 1 N–H and O–H groups in total. The fourth-order valence-corrected chi connectivity index (χ4v) is 3.78. The van der Waals surface area contributed by atoms with Crippen molar-refractivity contribution in [2.75, 3.05) is 5.32 Å². The van der Waals surface area contributed by atoms with Gasteiger partial charge < -0.3 is 14.0 Å². The highest BCUT2D eigenvalue weighted by Gasteiger charge is 2.20. The van der Waals surface area contributed by atoms with E-state index in [1.165, 1.54) is 13.0 Å². The summed E-state index contributed by atoms with van der Waals surface area (Å²) in [5.74, 6) is 0.0979. The number of hydrogen-bond acceptors (Lipinski definition) is 6. The summed E-state index contributed by atoms with van der Waals surface area (Å²) in [5, 5.41) is 6.76. The average molecular weight is 489 g/mol. The fourth-order valence-electron chi connectivity index (χ4n) is 3.78. The third-order valence-corrected chi connectivity index (χ3v) is 5.51. The first-order chi connectivity index (χ1) is 17.3. The number of carbonyl (C=O) groups is 2. The summed E-state index contributed by atoms with van der Waals surface area (Å²) in [5.41, 5.74) is 3.87. The molecule has 0 aliphatic heterocycles. The van der Waals surface area contributed by atoms with Crippen molar-refractivity contribution in [3.8, 4) is 17.0 Å². The number of benzene rings is 3. The molecule has 3 aromatic carbocycles. The number of amides is 1. The van der Waals surface area contributed by atoms with Crippen molar-refractivity contribution < 1.29 is 28.0 Å². The Hall–Kier alpha value is -4.46. The van der Waals surface area contributed by atoms with Gasteiger partial charge in [0, 0.05) is 18.1 Å². The molecule has 0 saturated carbocycles. The number of nitrogens with one attached hydrogen (secondary N) is 1. The van der Waals surface area contributed by atoms with Gasteiger partial charge in [0.05, 0.1) is 0 Å². The van der Waals surface area contributed by atoms with E-state index in [2.05, 4.69) is 10.5 Å².